The van der Waals surface area contributed by atoms with E-state index in [4.69, 9.17) is 17.1 Å². The zero-order valence-electron chi connectivity index (χ0n) is 5.55. The molecule has 0 bridgehead atoms. The van der Waals surface area contributed by atoms with E-state index in [9.17, 15) is 0 Å². The van der Waals surface area contributed by atoms with Crippen LogP contribution in [0.25, 0.3) is 4.85 Å². The fourth-order valence-corrected chi connectivity index (χ4v) is 0.418. The third-order valence-electron chi connectivity index (χ3n) is 0.966. The van der Waals surface area contributed by atoms with Gasteiger partial charge in [-0.1, -0.05) is 6.92 Å². The molecule has 0 aliphatic heterocycles. The Morgan fingerprint density at radius 1 is 1.60 bits per heavy atom. The number of rotatable bonds is 1. The minimum atomic E-state index is 0.0292. The highest BCUT2D eigenvalue weighted by Gasteiger charge is 1.98. The first kappa shape index (κ1) is 8.21. The normalized spacial score (nSPS) is 10.2. The van der Waals surface area contributed by atoms with Gasteiger partial charge in [0.1, 0.15) is 0 Å². The van der Waals surface area contributed by atoms with Crippen molar-refractivity contribution in [3.63, 3.8) is 0 Å². The van der Waals surface area contributed by atoms with Crippen LogP contribution in [0.3, 0.4) is 0 Å². The summed E-state index contributed by atoms with van der Waals surface area (Å²) >= 11 is 0. The fraction of sp³-hybridized carbons (Fsp3) is 0.286. The van der Waals surface area contributed by atoms with Gasteiger partial charge in [-0.15, -0.1) is 0 Å². The first-order valence-corrected chi connectivity index (χ1v) is 2.60. The second-order valence-electron chi connectivity index (χ2n) is 1.69. The lowest BCUT2D eigenvalue weighted by Crippen LogP contribution is -1.78. The molecular formula is C7H5N3. The summed E-state index contributed by atoms with van der Waals surface area (Å²) in [7, 11) is 0. The maximum absolute atomic E-state index is 8.29. The summed E-state index contributed by atoms with van der Waals surface area (Å²) in [4.78, 5) is 2.94. The molecular weight excluding hydrogens is 126 g/mol. The van der Waals surface area contributed by atoms with E-state index in [0.717, 1.165) is 0 Å². The van der Waals surface area contributed by atoms with Crippen LogP contribution in [0.1, 0.15) is 13.3 Å². The SMILES string of the molecule is [C-]#[N+]/C(C#N)=C(\C)CC#N. The van der Waals surface area contributed by atoms with E-state index in [1.807, 2.05) is 6.07 Å². The van der Waals surface area contributed by atoms with Crippen LogP contribution < -0.4 is 0 Å². The molecule has 0 N–H and O–H groups in total. The van der Waals surface area contributed by atoms with E-state index < -0.39 is 0 Å². The maximum atomic E-state index is 8.29. The van der Waals surface area contributed by atoms with Gasteiger partial charge in [-0.25, -0.2) is 10.1 Å². The Morgan fingerprint density at radius 2 is 2.20 bits per heavy atom. The Kier molecular flexibility index (Phi) is 3.39. The van der Waals surface area contributed by atoms with Gasteiger partial charge in [-0.05, 0) is 5.57 Å². The van der Waals surface area contributed by atoms with Gasteiger partial charge in [-0.2, -0.15) is 5.26 Å². The van der Waals surface area contributed by atoms with Crippen LogP contribution in [0.2, 0.25) is 0 Å². The van der Waals surface area contributed by atoms with Crippen molar-refractivity contribution in [3.05, 3.63) is 22.7 Å². The molecule has 0 aromatic rings. The first-order valence-electron chi connectivity index (χ1n) is 2.60. The molecule has 0 fully saturated rings. The predicted octanol–water partition coefficient (Wildman–Crippen LogP) is 1.62. The number of hydrogen-bond donors (Lipinski definition) is 0. The van der Waals surface area contributed by atoms with Crippen molar-refractivity contribution in [2.75, 3.05) is 0 Å². The Morgan fingerprint density at radius 3 is 2.50 bits per heavy atom. The number of nitriles is 2. The summed E-state index contributed by atoms with van der Waals surface area (Å²) in [6, 6.07) is 3.57. The third kappa shape index (κ3) is 1.99. The zero-order valence-corrected chi connectivity index (χ0v) is 5.55. The molecule has 3 heteroatoms. The van der Waals surface area contributed by atoms with E-state index in [0.29, 0.717) is 5.57 Å². The molecule has 0 spiro atoms. The lowest BCUT2D eigenvalue weighted by atomic mass is 10.2. The highest BCUT2D eigenvalue weighted by atomic mass is 14.7. The lowest BCUT2D eigenvalue weighted by molar-refractivity contribution is 1.19. The summed E-state index contributed by atoms with van der Waals surface area (Å²) < 4.78 is 0. The fourth-order valence-electron chi connectivity index (χ4n) is 0.418. The number of allylic oxidation sites excluding steroid dienone is 2. The molecule has 0 aliphatic carbocycles. The Labute approximate surface area is 59.6 Å². The molecule has 0 atom stereocenters. The standard InChI is InChI=1S/C7H5N3/c1-6(3-4-8)7(5-9)10-2/h3H2,1H3/b7-6+. The molecule has 0 unspecified atom stereocenters. The molecule has 3 nitrogen and oxygen atoms in total. The van der Waals surface area contributed by atoms with Crippen LogP contribution in [0.4, 0.5) is 0 Å². The van der Waals surface area contributed by atoms with Crippen molar-refractivity contribution in [2.45, 2.75) is 13.3 Å². The average molecular weight is 131 g/mol. The highest BCUT2D eigenvalue weighted by Crippen LogP contribution is 2.06. The monoisotopic (exact) mass is 131 g/mol. The van der Waals surface area contributed by atoms with E-state index in [2.05, 4.69) is 4.85 Å². The van der Waals surface area contributed by atoms with Gasteiger partial charge in [0.25, 0.3) is 5.70 Å². The molecule has 0 saturated carbocycles. The van der Waals surface area contributed by atoms with Gasteiger partial charge in [0.05, 0.1) is 18.7 Å². The van der Waals surface area contributed by atoms with Crippen molar-refractivity contribution in [3.8, 4) is 12.1 Å². The molecule has 0 aromatic heterocycles. The lowest BCUT2D eigenvalue weighted by Gasteiger charge is -1.88. The molecule has 0 aromatic carbocycles. The largest absolute Gasteiger partial charge is 0.261 e. The molecule has 0 radical (unpaired) electrons. The van der Waals surface area contributed by atoms with Crippen LogP contribution in [-0.4, -0.2) is 0 Å². The zero-order chi connectivity index (χ0) is 7.98. The van der Waals surface area contributed by atoms with Crippen molar-refractivity contribution < 1.29 is 0 Å². The summed E-state index contributed by atoms with van der Waals surface area (Å²) in [5.74, 6) is 0. The minimum absolute atomic E-state index is 0.0292. The molecule has 48 valence electrons. The van der Waals surface area contributed by atoms with E-state index in [1.54, 1.807) is 13.0 Å². The van der Waals surface area contributed by atoms with Crippen LogP contribution in [-0.2, 0) is 0 Å². The summed E-state index contributed by atoms with van der Waals surface area (Å²) in [6.45, 7) is 8.11. The van der Waals surface area contributed by atoms with Crippen LogP contribution >= 0.6 is 0 Å². The Balaban J connectivity index is 4.56. The van der Waals surface area contributed by atoms with Crippen LogP contribution in [0.15, 0.2) is 11.3 Å². The minimum Gasteiger partial charge on any atom is -0.227 e. The molecule has 0 saturated heterocycles. The molecule has 0 amide bonds. The van der Waals surface area contributed by atoms with Gasteiger partial charge < -0.3 is 0 Å². The summed E-state index contributed by atoms with van der Waals surface area (Å²) in [5.41, 5.74) is 0.571. The van der Waals surface area contributed by atoms with Crippen molar-refractivity contribution in [1.82, 2.24) is 0 Å². The maximum Gasteiger partial charge on any atom is 0.261 e. The molecule has 10 heavy (non-hydrogen) atoms. The molecule has 0 heterocycles. The second kappa shape index (κ2) is 4.13. The van der Waals surface area contributed by atoms with Gasteiger partial charge in [0.15, 0.2) is 0 Å². The highest BCUT2D eigenvalue weighted by molar-refractivity contribution is 5.33. The van der Waals surface area contributed by atoms with Crippen LogP contribution in [0, 0.1) is 29.2 Å². The summed E-state index contributed by atoms with van der Waals surface area (Å²) in [6.07, 6.45) is 0.158. The van der Waals surface area contributed by atoms with E-state index >= 15 is 0 Å². The molecule has 0 rings (SSSR count). The van der Waals surface area contributed by atoms with Crippen LogP contribution in [0.5, 0.6) is 0 Å². The van der Waals surface area contributed by atoms with Gasteiger partial charge in [-0.3, -0.25) is 0 Å². The van der Waals surface area contributed by atoms with E-state index in [1.165, 1.54) is 0 Å². The Bertz CT molecular complexity index is 251. The second-order valence-corrected chi connectivity index (χ2v) is 1.69. The summed E-state index contributed by atoms with van der Waals surface area (Å²) in [5, 5.41) is 16.5. The predicted molar refractivity (Wildman–Crippen MR) is 35.1 cm³/mol. The van der Waals surface area contributed by atoms with Gasteiger partial charge in [0.2, 0.25) is 0 Å². The Hall–Kier alpha value is -1.79. The van der Waals surface area contributed by atoms with E-state index in [-0.39, 0.29) is 12.1 Å². The average Bonchev–Trinajstić information content (AvgIpc) is 1.91. The molecule has 0 aliphatic rings. The third-order valence-corrected chi connectivity index (χ3v) is 0.966. The number of nitrogens with zero attached hydrogens (tertiary/aromatic N) is 3. The topological polar surface area (TPSA) is 51.9 Å². The van der Waals surface area contributed by atoms with Gasteiger partial charge >= 0.3 is 0 Å². The van der Waals surface area contributed by atoms with Crippen molar-refractivity contribution >= 4 is 0 Å². The smallest absolute Gasteiger partial charge is 0.227 e. The van der Waals surface area contributed by atoms with Crippen molar-refractivity contribution in [2.24, 2.45) is 0 Å². The first-order chi connectivity index (χ1) is 4.76. The number of hydrogen-bond acceptors (Lipinski definition) is 2. The van der Waals surface area contributed by atoms with Gasteiger partial charge in [0, 0.05) is 6.42 Å². The quantitative estimate of drug-likeness (QED) is 0.401. The van der Waals surface area contributed by atoms with Crippen molar-refractivity contribution in [1.29, 1.82) is 10.5 Å².